The van der Waals surface area contributed by atoms with Crippen LogP contribution in [0.4, 0.5) is 4.79 Å². The average Bonchev–Trinajstić information content (AvgIpc) is 3.25. The van der Waals surface area contributed by atoms with E-state index in [2.05, 4.69) is 20.9 Å². The number of aliphatic carboxylic acids is 1. The summed E-state index contributed by atoms with van der Waals surface area (Å²) < 4.78 is 10.6. The normalized spacial score (nSPS) is 28.4. The van der Waals surface area contributed by atoms with E-state index in [9.17, 15) is 34.8 Å². The summed E-state index contributed by atoms with van der Waals surface area (Å²) in [6.45, 7) is -0.549. The zero-order chi connectivity index (χ0) is 27.0. The highest BCUT2D eigenvalue weighted by molar-refractivity contribution is 5.89. The van der Waals surface area contributed by atoms with Crippen LogP contribution in [-0.2, 0) is 19.1 Å². The van der Waals surface area contributed by atoms with Crippen LogP contribution in [0.25, 0.3) is 0 Å². The van der Waals surface area contributed by atoms with Crippen LogP contribution in [0, 0.1) is 0 Å². The minimum Gasteiger partial charge on any atom is -0.480 e. The molecule has 2 amide bonds. The van der Waals surface area contributed by atoms with Crippen LogP contribution < -0.4 is 38.9 Å². The maximum absolute atomic E-state index is 12.6. The van der Waals surface area contributed by atoms with Crippen LogP contribution in [0.3, 0.4) is 0 Å². The van der Waals surface area contributed by atoms with E-state index in [0.717, 1.165) is 0 Å². The van der Waals surface area contributed by atoms with E-state index >= 15 is 0 Å². The summed E-state index contributed by atoms with van der Waals surface area (Å²) in [6.07, 6.45) is -7.17. The lowest BCUT2D eigenvalue weighted by atomic mass is 9.95. The van der Waals surface area contributed by atoms with Gasteiger partial charge in [0.2, 0.25) is 5.91 Å². The molecule has 0 aromatic carbocycles. The number of halogens is 4. The number of hydrogen-bond donors (Lipinski definition) is 11. The summed E-state index contributed by atoms with van der Waals surface area (Å²) in [5.74, 6) is -2.04. The molecule has 2 heterocycles. The molecule has 0 aromatic rings. The quantitative estimate of drug-likeness (QED) is 0.0943. The van der Waals surface area contributed by atoms with Crippen LogP contribution in [0.5, 0.6) is 0 Å². The highest BCUT2D eigenvalue weighted by Crippen LogP contribution is 2.24. The summed E-state index contributed by atoms with van der Waals surface area (Å²) in [6, 6.07) is -4.28. The summed E-state index contributed by atoms with van der Waals surface area (Å²) in [5, 5.41) is 48.1. The maximum atomic E-state index is 12.6. The van der Waals surface area contributed by atoms with Gasteiger partial charge >= 0.3 is 12.1 Å². The zero-order valence-corrected chi connectivity index (χ0v) is 24.4. The lowest BCUT2D eigenvalue weighted by Crippen LogP contribution is -2.69. The zero-order valence-electron chi connectivity index (χ0n) is 21.2. The Balaban J connectivity index is -0.00000342. The number of carbonyl (C=O) groups is 3. The van der Waals surface area contributed by atoms with Crippen LogP contribution in [0.1, 0.15) is 19.3 Å². The Hall–Kier alpha value is -1.64. The number of aliphatic imine (C=N–C) groups is 1. The number of hydrogen-bond acceptors (Lipinski definition) is 14. The Bertz CT molecular complexity index is 822. The first-order valence-electron chi connectivity index (χ1n) is 11.4. The second-order valence-electron chi connectivity index (χ2n) is 8.54. The van der Waals surface area contributed by atoms with Crippen molar-refractivity contribution in [1.29, 1.82) is 0 Å². The van der Waals surface area contributed by atoms with E-state index < -0.39 is 79.4 Å². The molecule has 0 bridgehead atoms. The first-order valence-corrected chi connectivity index (χ1v) is 11.4. The lowest BCUT2D eigenvalue weighted by Gasteiger charge is -2.44. The van der Waals surface area contributed by atoms with Crippen LogP contribution >= 0.6 is 49.6 Å². The lowest BCUT2D eigenvalue weighted by molar-refractivity contribution is -0.198. The van der Waals surface area contributed by atoms with Crippen molar-refractivity contribution in [1.82, 2.24) is 16.0 Å². The number of nitrogens with one attached hydrogen (secondary N) is 3. The van der Waals surface area contributed by atoms with Gasteiger partial charge in [-0.25, -0.2) is 14.6 Å². The summed E-state index contributed by atoms with van der Waals surface area (Å²) in [4.78, 5) is 39.5. The van der Waals surface area contributed by atoms with Gasteiger partial charge in [-0.05, 0) is 19.4 Å². The van der Waals surface area contributed by atoms with Crippen molar-refractivity contribution >= 4 is 73.6 Å². The Morgan fingerprint density at radius 1 is 1.18 bits per heavy atom. The Kier molecular flexibility index (Phi) is 21.7. The molecule has 9 atom stereocenters. The predicted molar refractivity (Wildman–Crippen MR) is 152 cm³/mol. The standard InChI is InChI=1S/C19H36N8O9.4ClH/c20-3-1-2-7(22)4-10(30)24-13-14(31)15(36-18(23)34)9(6-28)35-16(13)27-19-25-11(8(29)5-21)12(26-19)17(32)33;;;;/h7-9,11-16,28-29,31H,1-6,20-22H2,(H2,23,34)(H,24,30)(H,32,33)(H2,25,26,27);4*1H. The third-order valence-corrected chi connectivity index (χ3v) is 5.80. The largest absolute Gasteiger partial charge is 0.480 e. The molecule has 2 rings (SSSR count). The van der Waals surface area contributed by atoms with E-state index in [-0.39, 0.29) is 68.6 Å². The van der Waals surface area contributed by atoms with Gasteiger partial charge in [-0.2, -0.15) is 0 Å². The minimum atomic E-state index is -1.62. The molecule has 0 spiro atoms. The first-order chi connectivity index (χ1) is 17.0. The molecule has 15 N–H and O–H groups in total. The van der Waals surface area contributed by atoms with Crippen molar-refractivity contribution in [2.45, 2.75) is 74.1 Å². The van der Waals surface area contributed by atoms with Gasteiger partial charge in [0.05, 0.1) is 18.8 Å². The Morgan fingerprint density at radius 2 is 1.80 bits per heavy atom. The van der Waals surface area contributed by atoms with E-state index in [1.165, 1.54) is 0 Å². The molecule has 0 saturated carbocycles. The Labute approximate surface area is 255 Å². The number of nitrogens with zero attached hydrogens (tertiary/aromatic N) is 1. The fourth-order valence-electron chi connectivity index (χ4n) is 4.00. The second-order valence-corrected chi connectivity index (χ2v) is 8.54. The van der Waals surface area contributed by atoms with Crippen molar-refractivity contribution < 1.29 is 44.3 Å². The van der Waals surface area contributed by atoms with Gasteiger partial charge in [-0.1, -0.05) is 0 Å². The van der Waals surface area contributed by atoms with Crippen LogP contribution in [0.15, 0.2) is 4.99 Å². The van der Waals surface area contributed by atoms with Crippen molar-refractivity contribution in [3.8, 4) is 0 Å². The van der Waals surface area contributed by atoms with Crippen LogP contribution in [-0.4, -0.2) is 119 Å². The number of ether oxygens (including phenoxy) is 2. The molecule has 0 aliphatic carbocycles. The van der Waals surface area contributed by atoms with Gasteiger partial charge < -0.3 is 68.8 Å². The molecule has 1 saturated heterocycles. The molecule has 9 unspecified atom stereocenters. The Morgan fingerprint density at radius 3 is 2.30 bits per heavy atom. The monoisotopic (exact) mass is 664 g/mol. The smallest absolute Gasteiger partial charge is 0.404 e. The van der Waals surface area contributed by atoms with E-state index in [1.54, 1.807) is 0 Å². The van der Waals surface area contributed by atoms with Crippen molar-refractivity contribution in [2.24, 2.45) is 27.9 Å². The number of carboxylic acid groups (broad SMARTS) is 1. The van der Waals surface area contributed by atoms with Crippen molar-refractivity contribution in [3.05, 3.63) is 0 Å². The number of guanidine groups is 1. The highest BCUT2D eigenvalue weighted by atomic mass is 35.5. The number of aliphatic hydroxyl groups excluding tert-OH is 3. The number of carboxylic acids is 1. The molecule has 21 heteroatoms. The van der Waals surface area contributed by atoms with Gasteiger partial charge in [0.1, 0.15) is 18.2 Å². The average molecular weight is 666 g/mol. The number of primary amides is 1. The molecule has 17 nitrogen and oxygen atoms in total. The number of amides is 2. The molecule has 238 valence electrons. The minimum absolute atomic E-state index is 0. The molecule has 40 heavy (non-hydrogen) atoms. The molecule has 2 aliphatic heterocycles. The molecular formula is C19H40Cl4N8O9. The number of aliphatic hydroxyl groups is 3. The van der Waals surface area contributed by atoms with Gasteiger partial charge in [0, 0.05) is 19.0 Å². The fraction of sp³-hybridized carbons (Fsp3) is 0.789. The highest BCUT2D eigenvalue weighted by Gasteiger charge is 2.49. The topological polar surface area (TPSA) is 303 Å². The fourth-order valence-corrected chi connectivity index (χ4v) is 4.00. The first kappa shape index (κ1) is 42.8. The van der Waals surface area contributed by atoms with Gasteiger partial charge in [0.15, 0.2) is 24.3 Å². The summed E-state index contributed by atoms with van der Waals surface area (Å²) >= 11 is 0. The van der Waals surface area contributed by atoms with Crippen molar-refractivity contribution in [2.75, 3.05) is 19.7 Å². The summed E-state index contributed by atoms with van der Waals surface area (Å²) in [7, 11) is 0. The SMILES string of the molecule is Cl.Cl.Cl.Cl.NCCCC(N)CC(=O)NC1C(NC2=NC(C(=O)O)C(C(O)CN)N2)OC(CO)C(OC(N)=O)C1O. The van der Waals surface area contributed by atoms with Crippen molar-refractivity contribution in [3.63, 3.8) is 0 Å². The molecule has 2 aliphatic rings. The molecular weight excluding hydrogens is 626 g/mol. The van der Waals surface area contributed by atoms with Crippen LogP contribution in [0.2, 0.25) is 0 Å². The molecule has 0 radical (unpaired) electrons. The predicted octanol–water partition coefficient (Wildman–Crippen LogP) is -4.15. The maximum Gasteiger partial charge on any atom is 0.404 e. The number of rotatable bonds is 12. The van der Waals surface area contributed by atoms with E-state index in [0.29, 0.717) is 19.4 Å². The van der Waals surface area contributed by atoms with Gasteiger partial charge in [0.25, 0.3) is 0 Å². The molecule has 1 fully saturated rings. The molecule has 0 aromatic heterocycles. The third-order valence-electron chi connectivity index (χ3n) is 5.80. The van der Waals surface area contributed by atoms with E-state index in [4.69, 9.17) is 32.4 Å². The second kappa shape index (κ2) is 20.3. The van der Waals surface area contributed by atoms with Gasteiger partial charge in [-0.3, -0.25) is 4.79 Å². The van der Waals surface area contributed by atoms with Gasteiger partial charge in [-0.15, -0.1) is 49.6 Å². The number of nitrogens with two attached hydrogens (primary N) is 4. The summed E-state index contributed by atoms with van der Waals surface area (Å²) in [5.41, 5.74) is 21.9. The van der Waals surface area contributed by atoms with E-state index in [1.807, 2.05) is 0 Å². The number of carbonyl (C=O) groups excluding carboxylic acids is 2. The third kappa shape index (κ3) is 11.7.